The summed E-state index contributed by atoms with van der Waals surface area (Å²) < 4.78 is 103. The molecule has 0 fully saturated rings. The van der Waals surface area contributed by atoms with E-state index in [1.807, 2.05) is 5.10 Å². The van der Waals surface area contributed by atoms with E-state index in [0.717, 1.165) is 36.4 Å². The fourth-order valence-electron chi connectivity index (χ4n) is 2.55. The Morgan fingerprint density at radius 2 is 1.27 bits per heavy atom. The molecule has 158 valence electrons. The quantitative estimate of drug-likeness (QED) is 0.606. The first-order valence-corrected chi connectivity index (χ1v) is 9.47. The molecule has 0 aliphatic rings. The number of aromatic nitrogens is 2. The Balaban J connectivity index is 2.06. The second-order valence-electron chi connectivity index (χ2n) is 6.08. The topological polar surface area (TPSA) is 79.9 Å². The molecule has 0 amide bonds. The number of hydrogen-bond acceptors (Lipinski definition) is 4. The molecule has 0 aliphatic carbocycles. The largest absolute Gasteiger partial charge is 0.416 e. The van der Waals surface area contributed by atoms with Crippen molar-refractivity contribution in [2.45, 2.75) is 22.3 Å². The van der Waals surface area contributed by atoms with E-state index < -0.39 is 43.9 Å². The first kappa shape index (κ1) is 21.6. The molecule has 0 unspecified atom stereocenters. The predicted octanol–water partition coefficient (Wildman–Crippen LogP) is 4.31. The number of aromatic amines is 1. The fraction of sp³-hybridized carbons (Fsp3) is 0.111. The molecule has 0 radical (unpaired) electrons. The zero-order valence-electron chi connectivity index (χ0n) is 14.5. The molecule has 30 heavy (non-hydrogen) atoms. The van der Waals surface area contributed by atoms with Crippen molar-refractivity contribution >= 4 is 9.84 Å². The smallest absolute Gasteiger partial charge is 0.268 e. The molecule has 5 nitrogen and oxygen atoms in total. The van der Waals surface area contributed by atoms with Gasteiger partial charge in [0.25, 0.3) is 5.56 Å². The summed E-state index contributed by atoms with van der Waals surface area (Å²) in [4.78, 5) is 10.7. The lowest BCUT2D eigenvalue weighted by Gasteiger charge is -2.14. The highest BCUT2D eigenvalue weighted by atomic mass is 32.2. The molecule has 12 heteroatoms. The standard InChI is InChI=1S/C18H10F6N2O3S/c19-17(20,21)12-7-11(8-13(9-12)18(22,23)24)10-1-3-14(4-2-10)30(28,29)16-6-5-15(27)25-26-16/h1-9H,(H,25,27). The van der Waals surface area contributed by atoms with Gasteiger partial charge in [-0.1, -0.05) is 12.1 Å². The lowest BCUT2D eigenvalue weighted by atomic mass is 9.99. The van der Waals surface area contributed by atoms with Gasteiger partial charge in [0, 0.05) is 6.07 Å². The van der Waals surface area contributed by atoms with E-state index in [2.05, 4.69) is 5.10 Å². The summed E-state index contributed by atoms with van der Waals surface area (Å²) >= 11 is 0. The van der Waals surface area contributed by atoms with Gasteiger partial charge in [0.2, 0.25) is 9.84 Å². The SMILES string of the molecule is O=c1ccc(S(=O)(=O)c2ccc(-c3cc(C(F)(F)F)cc(C(F)(F)F)c3)cc2)n[nH]1. The number of H-pyrrole nitrogens is 1. The van der Waals surface area contributed by atoms with Gasteiger partial charge in [-0.05, 0) is 47.5 Å². The zero-order valence-corrected chi connectivity index (χ0v) is 15.4. The number of halogens is 6. The van der Waals surface area contributed by atoms with E-state index in [-0.39, 0.29) is 22.1 Å². The molecule has 1 heterocycles. The highest BCUT2D eigenvalue weighted by Crippen LogP contribution is 2.38. The third-order valence-corrected chi connectivity index (χ3v) is 5.69. The summed E-state index contributed by atoms with van der Waals surface area (Å²) in [6.45, 7) is 0. The van der Waals surface area contributed by atoms with Crippen LogP contribution in [0.5, 0.6) is 0 Å². The maximum atomic E-state index is 13.0. The van der Waals surface area contributed by atoms with E-state index >= 15 is 0 Å². The van der Waals surface area contributed by atoms with Gasteiger partial charge in [-0.15, -0.1) is 0 Å². The molecular weight excluding hydrogens is 438 g/mol. The number of nitrogens with zero attached hydrogens (tertiary/aromatic N) is 1. The number of benzene rings is 2. The first-order valence-electron chi connectivity index (χ1n) is 7.99. The number of alkyl halides is 6. The second-order valence-corrected chi connectivity index (χ2v) is 7.98. The Kier molecular flexibility index (Phi) is 5.23. The summed E-state index contributed by atoms with van der Waals surface area (Å²) in [5.74, 6) is 0. The van der Waals surface area contributed by atoms with E-state index in [1.54, 1.807) is 0 Å². The number of hydrogen-bond donors (Lipinski definition) is 1. The molecule has 0 bridgehead atoms. The summed E-state index contributed by atoms with van der Waals surface area (Å²) in [7, 11) is -4.16. The van der Waals surface area contributed by atoms with Crippen molar-refractivity contribution < 1.29 is 34.8 Å². The van der Waals surface area contributed by atoms with Crippen molar-refractivity contribution in [1.29, 1.82) is 0 Å². The van der Waals surface area contributed by atoms with E-state index in [9.17, 15) is 39.6 Å². The monoisotopic (exact) mass is 448 g/mol. The van der Waals surface area contributed by atoms with Crippen LogP contribution in [0.2, 0.25) is 0 Å². The maximum absolute atomic E-state index is 13.0. The van der Waals surface area contributed by atoms with E-state index in [4.69, 9.17) is 0 Å². The van der Waals surface area contributed by atoms with Crippen LogP contribution in [0, 0.1) is 0 Å². The van der Waals surface area contributed by atoms with Gasteiger partial charge in [-0.2, -0.15) is 31.4 Å². The Morgan fingerprint density at radius 3 is 1.70 bits per heavy atom. The highest BCUT2D eigenvalue weighted by Gasteiger charge is 2.37. The average Bonchev–Trinajstić information content (AvgIpc) is 2.67. The minimum atomic E-state index is -5.00. The molecule has 1 N–H and O–H groups in total. The molecular formula is C18H10F6N2O3S. The van der Waals surface area contributed by atoms with Crippen LogP contribution >= 0.6 is 0 Å². The summed E-state index contributed by atoms with van der Waals surface area (Å²) in [5.41, 5.74) is -4.04. The van der Waals surface area contributed by atoms with Gasteiger partial charge in [-0.25, -0.2) is 13.5 Å². The molecule has 0 saturated carbocycles. The maximum Gasteiger partial charge on any atom is 0.416 e. The fourth-order valence-corrected chi connectivity index (χ4v) is 3.70. The van der Waals surface area contributed by atoms with Crippen LogP contribution in [0.4, 0.5) is 26.3 Å². The van der Waals surface area contributed by atoms with Gasteiger partial charge in [-0.3, -0.25) is 4.79 Å². The van der Waals surface area contributed by atoms with Crippen molar-refractivity contribution in [3.63, 3.8) is 0 Å². The Bertz CT molecular complexity index is 1190. The third kappa shape index (κ3) is 4.37. The van der Waals surface area contributed by atoms with Crippen LogP contribution in [-0.2, 0) is 22.2 Å². The van der Waals surface area contributed by atoms with Crippen molar-refractivity contribution in [1.82, 2.24) is 10.2 Å². The van der Waals surface area contributed by atoms with Crippen LogP contribution in [0.1, 0.15) is 11.1 Å². The minimum Gasteiger partial charge on any atom is -0.268 e. The van der Waals surface area contributed by atoms with Crippen molar-refractivity contribution in [3.8, 4) is 11.1 Å². The van der Waals surface area contributed by atoms with Crippen LogP contribution in [0.15, 0.2) is 69.3 Å². The average molecular weight is 448 g/mol. The molecule has 3 rings (SSSR count). The van der Waals surface area contributed by atoms with Gasteiger partial charge in [0.1, 0.15) is 0 Å². The number of rotatable bonds is 3. The summed E-state index contributed by atoms with van der Waals surface area (Å²) in [5, 5.41) is 4.89. The number of sulfone groups is 1. The first-order chi connectivity index (χ1) is 13.8. The lowest BCUT2D eigenvalue weighted by Crippen LogP contribution is -2.12. The molecule has 1 aromatic heterocycles. The van der Waals surface area contributed by atoms with Crippen molar-refractivity contribution in [2.75, 3.05) is 0 Å². The van der Waals surface area contributed by atoms with Crippen molar-refractivity contribution in [3.05, 3.63) is 76.1 Å². The van der Waals surface area contributed by atoms with Gasteiger partial charge in [0.05, 0.1) is 16.0 Å². The normalized spacial score (nSPS) is 12.7. The predicted molar refractivity (Wildman–Crippen MR) is 92.2 cm³/mol. The van der Waals surface area contributed by atoms with Gasteiger partial charge < -0.3 is 0 Å². The van der Waals surface area contributed by atoms with Gasteiger partial charge >= 0.3 is 12.4 Å². The van der Waals surface area contributed by atoms with Crippen LogP contribution in [-0.4, -0.2) is 18.6 Å². The van der Waals surface area contributed by atoms with Crippen LogP contribution < -0.4 is 5.56 Å². The molecule has 2 aromatic carbocycles. The van der Waals surface area contributed by atoms with E-state index in [1.165, 1.54) is 0 Å². The molecule has 0 aliphatic heterocycles. The Labute approximate surface area is 164 Å². The summed E-state index contributed by atoms with van der Waals surface area (Å²) in [6.07, 6.45) is -10.0. The van der Waals surface area contributed by atoms with E-state index in [0.29, 0.717) is 12.1 Å². The molecule has 0 saturated heterocycles. The summed E-state index contributed by atoms with van der Waals surface area (Å²) in [6, 6.07) is 7.19. The second kappa shape index (κ2) is 7.27. The molecule has 0 spiro atoms. The lowest BCUT2D eigenvalue weighted by molar-refractivity contribution is -0.143. The van der Waals surface area contributed by atoms with Crippen LogP contribution in [0.25, 0.3) is 11.1 Å². The zero-order chi connectivity index (χ0) is 22.3. The third-order valence-electron chi connectivity index (χ3n) is 4.01. The van der Waals surface area contributed by atoms with Crippen molar-refractivity contribution in [2.24, 2.45) is 0 Å². The minimum absolute atomic E-state index is 0.00414. The number of nitrogens with one attached hydrogen (secondary N) is 1. The highest BCUT2D eigenvalue weighted by molar-refractivity contribution is 7.91. The van der Waals surface area contributed by atoms with Crippen LogP contribution in [0.3, 0.4) is 0 Å². The molecule has 0 atom stereocenters. The Morgan fingerprint density at radius 1 is 0.733 bits per heavy atom. The Hall–Kier alpha value is -3.15. The van der Waals surface area contributed by atoms with Gasteiger partial charge in [0.15, 0.2) is 5.03 Å². The molecule has 3 aromatic rings.